The zero-order chi connectivity index (χ0) is 18.4. The van der Waals surface area contributed by atoms with Crippen LogP contribution in [0, 0.1) is 0 Å². The van der Waals surface area contributed by atoms with Crippen LogP contribution in [0.25, 0.3) is 0 Å². The molecule has 1 aromatic carbocycles. The molecule has 1 heterocycles. The van der Waals surface area contributed by atoms with Gasteiger partial charge in [-0.3, -0.25) is 14.5 Å². The average molecular weight is 368 g/mol. The maximum atomic E-state index is 12.5. The molecule has 0 spiro atoms. The van der Waals surface area contributed by atoms with Crippen molar-refractivity contribution in [1.82, 2.24) is 15.5 Å². The lowest BCUT2D eigenvalue weighted by atomic mass is 10.00. The molecule has 7 nitrogen and oxygen atoms in total. The molecule has 2 atom stereocenters. The summed E-state index contributed by atoms with van der Waals surface area (Å²) >= 11 is 5.86. The maximum absolute atomic E-state index is 12.5. The number of urea groups is 1. The number of hydrogen-bond donors (Lipinski definition) is 2. The quantitative estimate of drug-likeness (QED) is 0.720. The van der Waals surface area contributed by atoms with E-state index in [0.717, 1.165) is 10.5 Å². The minimum atomic E-state index is -0.837. The largest absolute Gasteiger partial charge is 0.383 e. The van der Waals surface area contributed by atoms with Crippen LogP contribution < -0.4 is 10.6 Å². The Labute approximate surface area is 151 Å². The van der Waals surface area contributed by atoms with E-state index in [2.05, 4.69) is 10.6 Å². The highest BCUT2D eigenvalue weighted by molar-refractivity contribution is 6.30. The maximum Gasteiger partial charge on any atom is 0.325 e. The van der Waals surface area contributed by atoms with Crippen LogP contribution in [0.15, 0.2) is 24.3 Å². The summed E-state index contributed by atoms with van der Waals surface area (Å²) in [5.74, 6) is -0.745. The number of halogens is 1. The van der Waals surface area contributed by atoms with Crippen LogP contribution >= 0.6 is 11.6 Å². The van der Waals surface area contributed by atoms with Gasteiger partial charge in [-0.2, -0.15) is 0 Å². The topological polar surface area (TPSA) is 87.7 Å². The number of amides is 4. The third-order valence-electron chi connectivity index (χ3n) is 4.04. The molecule has 2 N–H and O–H groups in total. The molecular formula is C17H22ClN3O4. The molecule has 1 saturated heterocycles. The summed E-state index contributed by atoms with van der Waals surface area (Å²) in [6, 6.07) is 5.12. The number of rotatable bonds is 7. The van der Waals surface area contributed by atoms with Crippen molar-refractivity contribution in [3.63, 3.8) is 0 Å². The molecule has 1 aromatic rings. The summed E-state index contributed by atoms with van der Waals surface area (Å²) in [4.78, 5) is 38.3. The van der Waals surface area contributed by atoms with Gasteiger partial charge in [-0.1, -0.05) is 30.7 Å². The van der Waals surface area contributed by atoms with Gasteiger partial charge in [0.1, 0.15) is 6.04 Å². The number of ether oxygens (including phenoxy) is 1. The molecule has 0 radical (unpaired) electrons. The number of imide groups is 1. The number of benzene rings is 1. The van der Waals surface area contributed by atoms with Crippen molar-refractivity contribution in [3.8, 4) is 0 Å². The Morgan fingerprint density at radius 2 is 2.08 bits per heavy atom. The molecule has 1 aliphatic rings. The number of hydrogen-bond acceptors (Lipinski definition) is 4. The van der Waals surface area contributed by atoms with Gasteiger partial charge >= 0.3 is 6.03 Å². The van der Waals surface area contributed by atoms with E-state index in [4.69, 9.17) is 16.3 Å². The Morgan fingerprint density at radius 3 is 2.64 bits per heavy atom. The number of carbonyl (C=O) groups excluding carboxylic acids is 3. The Hall–Kier alpha value is -2.12. The van der Waals surface area contributed by atoms with E-state index < -0.39 is 18.1 Å². The number of carbonyl (C=O) groups is 3. The van der Waals surface area contributed by atoms with E-state index in [9.17, 15) is 14.4 Å². The van der Waals surface area contributed by atoms with E-state index in [1.807, 2.05) is 0 Å². The lowest BCUT2D eigenvalue weighted by Gasteiger charge is -2.35. The smallest absolute Gasteiger partial charge is 0.325 e. The number of nitrogens with zero attached hydrogens (tertiary/aromatic N) is 1. The molecule has 0 aromatic heterocycles. The van der Waals surface area contributed by atoms with Gasteiger partial charge in [-0.05, 0) is 24.1 Å². The van der Waals surface area contributed by atoms with Gasteiger partial charge in [0.2, 0.25) is 11.8 Å². The second-order valence-electron chi connectivity index (χ2n) is 5.73. The van der Waals surface area contributed by atoms with E-state index in [0.29, 0.717) is 24.6 Å². The third-order valence-corrected chi connectivity index (χ3v) is 4.29. The summed E-state index contributed by atoms with van der Waals surface area (Å²) in [5, 5.41) is 6.04. The minimum Gasteiger partial charge on any atom is -0.383 e. The average Bonchev–Trinajstić information content (AvgIpc) is 2.58. The van der Waals surface area contributed by atoms with Crippen molar-refractivity contribution < 1.29 is 19.1 Å². The molecule has 4 amide bonds. The molecule has 136 valence electrons. The molecule has 1 aliphatic heterocycles. The molecule has 2 unspecified atom stereocenters. The fourth-order valence-corrected chi connectivity index (χ4v) is 2.87. The standard InChI is InChI=1S/C17H22ClN3O4/c1-3-14(16(23)19-8-9-25-2)21-15(22)10-13(20-17(21)24)11-4-6-12(18)7-5-11/h4-7,13-14H,3,8-10H2,1-2H3,(H,19,23)(H,20,24). The SMILES string of the molecule is CCC(C(=O)NCCOC)N1C(=O)CC(c2ccc(Cl)cc2)NC1=O. The number of nitrogens with one attached hydrogen (secondary N) is 2. The first-order valence-corrected chi connectivity index (χ1v) is 8.50. The molecule has 25 heavy (non-hydrogen) atoms. The van der Waals surface area contributed by atoms with Gasteiger partial charge in [0, 0.05) is 18.7 Å². The Bertz CT molecular complexity index is 617. The van der Waals surface area contributed by atoms with Crippen LogP contribution in [0.2, 0.25) is 5.02 Å². The predicted molar refractivity (Wildman–Crippen MR) is 93.2 cm³/mol. The van der Waals surface area contributed by atoms with Gasteiger partial charge in [-0.15, -0.1) is 0 Å². The fraction of sp³-hybridized carbons (Fsp3) is 0.471. The predicted octanol–water partition coefficient (Wildman–Crippen LogP) is 1.86. The number of methoxy groups -OCH3 is 1. The van der Waals surface area contributed by atoms with Crippen LogP contribution in [0.3, 0.4) is 0 Å². The lowest BCUT2D eigenvalue weighted by molar-refractivity contribution is -0.139. The van der Waals surface area contributed by atoms with Crippen LogP contribution in [0.4, 0.5) is 4.79 Å². The van der Waals surface area contributed by atoms with Gasteiger partial charge in [0.15, 0.2) is 0 Å². The molecular weight excluding hydrogens is 346 g/mol. The summed E-state index contributed by atoms with van der Waals surface area (Å²) in [6.45, 7) is 2.44. The molecule has 0 aliphatic carbocycles. The zero-order valence-corrected chi connectivity index (χ0v) is 15.0. The Morgan fingerprint density at radius 1 is 1.40 bits per heavy atom. The summed E-state index contributed by atoms with van der Waals surface area (Å²) in [5.41, 5.74) is 0.795. The monoisotopic (exact) mass is 367 g/mol. The molecule has 1 fully saturated rings. The molecule has 2 rings (SSSR count). The van der Waals surface area contributed by atoms with Crippen molar-refractivity contribution in [1.29, 1.82) is 0 Å². The summed E-state index contributed by atoms with van der Waals surface area (Å²) in [6.07, 6.45) is 0.429. The van der Waals surface area contributed by atoms with E-state index in [1.54, 1.807) is 31.2 Å². The molecule has 0 saturated carbocycles. The minimum absolute atomic E-state index is 0.0925. The van der Waals surface area contributed by atoms with Crippen LogP contribution in [-0.2, 0) is 14.3 Å². The van der Waals surface area contributed by atoms with Crippen LogP contribution in [0.1, 0.15) is 31.4 Å². The first-order chi connectivity index (χ1) is 12.0. The van der Waals surface area contributed by atoms with E-state index >= 15 is 0 Å². The second-order valence-corrected chi connectivity index (χ2v) is 6.17. The van der Waals surface area contributed by atoms with Gasteiger partial charge in [0.05, 0.1) is 19.1 Å². The molecule has 8 heteroatoms. The summed E-state index contributed by atoms with van der Waals surface area (Å²) in [7, 11) is 1.53. The van der Waals surface area contributed by atoms with E-state index in [1.165, 1.54) is 7.11 Å². The van der Waals surface area contributed by atoms with Crippen molar-refractivity contribution in [2.45, 2.75) is 31.8 Å². The van der Waals surface area contributed by atoms with Crippen molar-refractivity contribution in [3.05, 3.63) is 34.9 Å². The second kappa shape index (κ2) is 8.82. The lowest BCUT2D eigenvalue weighted by Crippen LogP contribution is -2.59. The van der Waals surface area contributed by atoms with Gasteiger partial charge < -0.3 is 15.4 Å². The highest BCUT2D eigenvalue weighted by Crippen LogP contribution is 2.25. The summed E-state index contributed by atoms with van der Waals surface area (Å²) < 4.78 is 4.88. The highest BCUT2D eigenvalue weighted by Gasteiger charge is 2.39. The third kappa shape index (κ3) is 4.70. The first-order valence-electron chi connectivity index (χ1n) is 8.12. The fourth-order valence-electron chi connectivity index (χ4n) is 2.75. The van der Waals surface area contributed by atoms with Crippen molar-refractivity contribution in [2.24, 2.45) is 0 Å². The normalized spacial score (nSPS) is 18.7. The van der Waals surface area contributed by atoms with Crippen molar-refractivity contribution in [2.75, 3.05) is 20.3 Å². The first kappa shape index (κ1) is 19.2. The Kier molecular flexibility index (Phi) is 6.78. The molecule has 0 bridgehead atoms. The highest BCUT2D eigenvalue weighted by atomic mass is 35.5. The van der Waals surface area contributed by atoms with Gasteiger partial charge in [-0.25, -0.2) is 4.79 Å². The van der Waals surface area contributed by atoms with Crippen LogP contribution in [0.5, 0.6) is 0 Å². The van der Waals surface area contributed by atoms with Gasteiger partial charge in [0.25, 0.3) is 0 Å². The zero-order valence-electron chi connectivity index (χ0n) is 14.3. The van der Waals surface area contributed by atoms with Crippen LogP contribution in [-0.4, -0.2) is 49.0 Å². The van der Waals surface area contributed by atoms with Crippen molar-refractivity contribution >= 4 is 29.4 Å². The van der Waals surface area contributed by atoms with E-state index in [-0.39, 0.29) is 18.2 Å². The Balaban J connectivity index is 2.08.